The zero-order chi connectivity index (χ0) is 16.2. The van der Waals surface area contributed by atoms with Gasteiger partial charge in [-0.25, -0.2) is 4.39 Å². The molecule has 0 radical (unpaired) electrons. The topological polar surface area (TPSA) is 48.9 Å². The van der Waals surface area contributed by atoms with Crippen molar-refractivity contribution in [1.82, 2.24) is 15.5 Å². The second kappa shape index (κ2) is 11.0. The molecule has 0 heterocycles. The molecule has 1 aromatic carbocycles. The van der Waals surface area contributed by atoms with Crippen molar-refractivity contribution >= 4 is 5.96 Å². The highest BCUT2D eigenvalue weighted by atomic mass is 19.1. The van der Waals surface area contributed by atoms with Crippen molar-refractivity contribution in [2.75, 3.05) is 54.0 Å². The second-order valence-corrected chi connectivity index (χ2v) is 5.10. The predicted molar refractivity (Wildman–Crippen MR) is 88.8 cm³/mol. The van der Waals surface area contributed by atoms with Crippen molar-refractivity contribution in [3.8, 4) is 0 Å². The summed E-state index contributed by atoms with van der Waals surface area (Å²) in [5, 5.41) is 6.52. The molecule has 6 heteroatoms. The third-order valence-electron chi connectivity index (χ3n) is 3.31. The molecule has 0 aromatic heterocycles. The zero-order valence-electron chi connectivity index (χ0n) is 13.7. The lowest BCUT2D eigenvalue weighted by molar-refractivity contribution is 0.162. The molecule has 0 amide bonds. The fraction of sp³-hybridized carbons (Fsp3) is 0.562. The molecule has 22 heavy (non-hydrogen) atoms. The summed E-state index contributed by atoms with van der Waals surface area (Å²) in [5.74, 6) is 0.578. The van der Waals surface area contributed by atoms with Gasteiger partial charge in [-0.2, -0.15) is 0 Å². The minimum absolute atomic E-state index is 0.202. The van der Waals surface area contributed by atoms with E-state index in [0.717, 1.165) is 50.7 Å². The number of methoxy groups -OCH3 is 1. The lowest BCUT2D eigenvalue weighted by Crippen LogP contribution is -2.42. The van der Waals surface area contributed by atoms with E-state index in [1.165, 1.54) is 12.1 Å². The SMILES string of the molecule is CN=C(NCCc1ccc(F)cc1)NCCN(C)CCOC. The summed E-state index contributed by atoms with van der Waals surface area (Å²) in [6.07, 6.45) is 0.828. The van der Waals surface area contributed by atoms with E-state index < -0.39 is 0 Å². The molecular weight excluding hydrogens is 283 g/mol. The number of aliphatic imine (C=N–C) groups is 1. The van der Waals surface area contributed by atoms with Gasteiger partial charge in [0.25, 0.3) is 0 Å². The van der Waals surface area contributed by atoms with Gasteiger partial charge in [-0.3, -0.25) is 4.99 Å². The van der Waals surface area contributed by atoms with E-state index >= 15 is 0 Å². The Hall–Kier alpha value is -1.66. The van der Waals surface area contributed by atoms with Gasteiger partial charge in [0.15, 0.2) is 5.96 Å². The van der Waals surface area contributed by atoms with Crippen molar-refractivity contribution in [2.45, 2.75) is 6.42 Å². The minimum Gasteiger partial charge on any atom is -0.383 e. The van der Waals surface area contributed by atoms with E-state index in [1.807, 2.05) is 0 Å². The van der Waals surface area contributed by atoms with E-state index in [0.29, 0.717) is 0 Å². The quantitative estimate of drug-likeness (QED) is 0.530. The van der Waals surface area contributed by atoms with Crippen LogP contribution in [0.4, 0.5) is 4.39 Å². The first kappa shape index (κ1) is 18.4. The van der Waals surface area contributed by atoms with E-state index in [4.69, 9.17) is 4.74 Å². The Morgan fingerprint density at radius 3 is 2.50 bits per heavy atom. The van der Waals surface area contributed by atoms with Gasteiger partial charge in [-0.1, -0.05) is 12.1 Å². The fourth-order valence-electron chi connectivity index (χ4n) is 1.92. The first-order chi connectivity index (χ1) is 10.7. The van der Waals surface area contributed by atoms with Gasteiger partial charge in [0.1, 0.15) is 5.82 Å². The molecule has 5 nitrogen and oxygen atoms in total. The van der Waals surface area contributed by atoms with Gasteiger partial charge in [0.05, 0.1) is 6.61 Å². The summed E-state index contributed by atoms with van der Waals surface area (Å²) in [7, 11) is 5.52. The maximum Gasteiger partial charge on any atom is 0.191 e. The molecule has 0 spiro atoms. The number of nitrogens with one attached hydrogen (secondary N) is 2. The van der Waals surface area contributed by atoms with Crippen molar-refractivity contribution in [1.29, 1.82) is 0 Å². The number of guanidine groups is 1. The normalized spacial score (nSPS) is 11.8. The highest BCUT2D eigenvalue weighted by Crippen LogP contribution is 2.02. The summed E-state index contributed by atoms with van der Waals surface area (Å²) in [4.78, 5) is 6.38. The van der Waals surface area contributed by atoms with Crippen LogP contribution in [0.5, 0.6) is 0 Å². The second-order valence-electron chi connectivity index (χ2n) is 5.10. The number of hydrogen-bond acceptors (Lipinski definition) is 3. The molecule has 0 aliphatic rings. The predicted octanol–water partition coefficient (Wildman–Crippen LogP) is 1.11. The third-order valence-corrected chi connectivity index (χ3v) is 3.31. The molecule has 0 aliphatic carbocycles. The maximum absolute atomic E-state index is 12.8. The molecule has 0 unspecified atom stereocenters. The van der Waals surface area contributed by atoms with Gasteiger partial charge < -0.3 is 20.3 Å². The molecular formula is C16H27FN4O. The van der Waals surface area contributed by atoms with Crippen LogP contribution in [-0.2, 0) is 11.2 Å². The van der Waals surface area contributed by atoms with E-state index in [9.17, 15) is 4.39 Å². The van der Waals surface area contributed by atoms with Crippen LogP contribution in [0.15, 0.2) is 29.3 Å². The molecule has 0 aliphatic heterocycles. The Bertz CT molecular complexity index is 436. The molecule has 0 atom stereocenters. The summed E-state index contributed by atoms with van der Waals surface area (Å²) in [5.41, 5.74) is 1.10. The largest absolute Gasteiger partial charge is 0.383 e. The first-order valence-corrected chi connectivity index (χ1v) is 7.52. The van der Waals surface area contributed by atoms with E-state index in [-0.39, 0.29) is 5.82 Å². The standard InChI is InChI=1S/C16H27FN4O/c1-18-16(20-10-11-21(2)12-13-22-3)19-9-8-14-4-6-15(17)7-5-14/h4-7H,8-13H2,1-3H3,(H2,18,19,20). The van der Waals surface area contributed by atoms with Gasteiger partial charge in [-0.15, -0.1) is 0 Å². The Labute approximate surface area is 132 Å². The number of hydrogen-bond donors (Lipinski definition) is 2. The number of benzene rings is 1. The van der Waals surface area contributed by atoms with Crippen LogP contribution in [0.25, 0.3) is 0 Å². The molecule has 124 valence electrons. The number of likely N-dealkylation sites (N-methyl/N-ethyl adjacent to an activating group) is 1. The Balaban J connectivity index is 2.18. The molecule has 0 saturated carbocycles. The maximum atomic E-state index is 12.8. The first-order valence-electron chi connectivity index (χ1n) is 7.52. The summed E-state index contributed by atoms with van der Waals surface area (Å²) in [6, 6.07) is 6.58. The van der Waals surface area contributed by atoms with E-state index in [2.05, 4.69) is 27.6 Å². The van der Waals surface area contributed by atoms with Gasteiger partial charge >= 0.3 is 0 Å². The lowest BCUT2D eigenvalue weighted by Gasteiger charge is -2.17. The summed E-state index contributed by atoms with van der Waals surface area (Å²) < 4.78 is 17.9. The van der Waals surface area contributed by atoms with Crippen molar-refractivity contribution in [3.05, 3.63) is 35.6 Å². The molecule has 0 fully saturated rings. The summed E-state index contributed by atoms with van der Waals surface area (Å²) in [6.45, 7) is 4.14. The molecule has 1 aromatic rings. The zero-order valence-corrected chi connectivity index (χ0v) is 13.7. The Morgan fingerprint density at radius 1 is 1.18 bits per heavy atom. The smallest absolute Gasteiger partial charge is 0.191 e. The van der Waals surface area contributed by atoms with Gasteiger partial charge in [0, 0.05) is 40.3 Å². The average Bonchev–Trinajstić information content (AvgIpc) is 2.53. The minimum atomic E-state index is -0.202. The van der Waals surface area contributed by atoms with Crippen LogP contribution in [-0.4, -0.2) is 64.9 Å². The van der Waals surface area contributed by atoms with Crippen LogP contribution in [0.3, 0.4) is 0 Å². The Kier molecular flexibility index (Phi) is 9.18. The van der Waals surface area contributed by atoms with Crippen LogP contribution in [0, 0.1) is 5.82 Å². The monoisotopic (exact) mass is 310 g/mol. The van der Waals surface area contributed by atoms with E-state index in [1.54, 1.807) is 26.3 Å². The van der Waals surface area contributed by atoms with Crippen molar-refractivity contribution < 1.29 is 9.13 Å². The molecule has 2 N–H and O–H groups in total. The molecule has 1 rings (SSSR count). The highest BCUT2D eigenvalue weighted by molar-refractivity contribution is 5.79. The molecule has 0 saturated heterocycles. The fourth-order valence-corrected chi connectivity index (χ4v) is 1.92. The third kappa shape index (κ3) is 7.95. The van der Waals surface area contributed by atoms with Crippen LogP contribution >= 0.6 is 0 Å². The van der Waals surface area contributed by atoms with Gasteiger partial charge in [-0.05, 0) is 31.2 Å². The van der Waals surface area contributed by atoms with Gasteiger partial charge in [0.2, 0.25) is 0 Å². The molecule has 0 bridgehead atoms. The van der Waals surface area contributed by atoms with Crippen LogP contribution in [0.1, 0.15) is 5.56 Å². The van der Waals surface area contributed by atoms with Crippen LogP contribution < -0.4 is 10.6 Å². The lowest BCUT2D eigenvalue weighted by atomic mass is 10.1. The van der Waals surface area contributed by atoms with Crippen LogP contribution in [0.2, 0.25) is 0 Å². The number of rotatable bonds is 9. The van der Waals surface area contributed by atoms with Crippen molar-refractivity contribution in [3.63, 3.8) is 0 Å². The van der Waals surface area contributed by atoms with Crippen molar-refractivity contribution in [2.24, 2.45) is 4.99 Å². The number of halogens is 1. The number of nitrogens with zero attached hydrogens (tertiary/aromatic N) is 2. The highest BCUT2D eigenvalue weighted by Gasteiger charge is 2.00. The summed E-state index contributed by atoms with van der Waals surface area (Å²) >= 11 is 0. The average molecular weight is 310 g/mol. The Morgan fingerprint density at radius 2 is 1.86 bits per heavy atom. The number of ether oxygens (including phenoxy) is 1.